The van der Waals surface area contributed by atoms with E-state index < -0.39 is 0 Å². The summed E-state index contributed by atoms with van der Waals surface area (Å²) in [6.45, 7) is 1.51. The number of nitrogens with zero attached hydrogens (tertiary/aromatic N) is 2. The van der Waals surface area contributed by atoms with E-state index in [2.05, 4.69) is 20.8 Å². The minimum atomic E-state index is -0.381. The van der Waals surface area contributed by atoms with Gasteiger partial charge in [-0.2, -0.15) is 4.98 Å². The van der Waals surface area contributed by atoms with Crippen LogP contribution in [-0.4, -0.2) is 36.3 Å². The van der Waals surface area contributed by atoms with Crippen LogP contribution in [0.5, 0.6) is 0 Å². The van der Waals surface area contributed by atoms with Crippen LogP contribution in [-0.2, 0) is 22.5 Å². The lowest BCUT2D eigenvalue weighted by molar-refractivity contribution is -0.119. The molecular weight excluding hydrogens is 363 g/mol. The number of nitrogens with one attached hydrogen (secondary N) is 2. The van der Waals surface area contributed by atoms with Gasteiger partial charge in [0.2, 0.25) is 11.7 Å². The van der Waals surface area contributed by atoms with Crippen LogP contribution < -0.4 is 10.6 Å². The number of amides is 1. The molecule has 0 radical (unpaired) electrons. The number of ether oxygens (including phenoxy) is 1. The van der Waals surface area contributed by atoms with Crippen molar-refractivity contribution < 1.29 is 18.4 Å². The molecule has 1 aromatic heterocycles. The average Bonchev–Trinajstić information content (AvgIpc) is 3.18. The third-order valence-corrected chi connectivity index (χ3v) is 4.53. The molecule has 0 spiro atoms. The number of anilines is 1. The lowest BCUT2D eigenvalue weighted by atomic mass is 9.98. The fourth-order valence-corrected chi connectivity index (χ4v) is 3.15. The van der Waals surface area contributed by atoms with E-state index in [1.807, 2.05) is 0 Å². The third-order valence-electron chi connectivity index (χ3n) is 4.53. The van der Waals surface area contributed by atoms with Gasteiger partial charge in [-0.15, -0.1) is 0 Å². The summed E-state index contributed by atoms with van der Waals surface area (Å²) in [5, 5.41) is 9.89. The average molecular weight is 382 g/mol. The Labute approximate surface area is 160 Å². The molecule has 1 aliphatic heterocycles. The molecule has 144 valence electrons. The monoisotopic (exact) mass is 382 g/mol. The second-order valence-corrected chi connectivity index (χ2v) is 6.51. The van der Waals surface area contributed by atoms with Crippen LogP contribution in [0, 0.1) is 5.82 Å². The summed E-state index contributed by atoms with van der Waals surface area (Å²) < 4.78 is 24.6. The minimum absolute atomic E-state index is 0.0155. The van der Waals surface area contributed by atoms with Crippen LogP contribution >= 0.6 is 0 Å². The molecule has 7 nitrogen and oxygen atoms in total. The third kappa shape index (κ3) is 3.78. The normalized spacial score (nSPS) is 13.2. The molecule has 3 aromatic rings. The standard InChI is InChI=1S/C20H19FN4O3/c1-27-11-18(26)23-15-4-2-12(3-5-15)19-24-20(28-25-19)16-8-13-6-7-22-10-14(13)9-17(16)21/h2-5,8-9,22H,6-7,10-11H2,1H3,(H,23,26). The molecule has 0 saturated carbocycles. The van der Waals surface area contributed by atoms with Gasteiger partial charge >= 0.3 is 0 Å². The maximum Gasteiger partial charge on any atom is 0.261 e. The van der Waals surface area contributed by atoms with Gasteiger partial charge in [-0.1, -0.05) is 5.16 Å². The van der Waals surface area contributed by atoms with Gasteiger partial charge in [-0.05, 0) is 60.5 Å². The van der Waals surface area contributed by atoms with Gasteiger partial charge in [0.15, 0.2) is 0 Å². The van der Waals surface area contributed by atoms with Gasteiger partial charge in [0.1, 0.15) is 12.4 Å². The fourth-order valence-electron chi connectivity index (χ4n) is 3.15. The second-order valence-electron chi connectivity index (χ2n) is 6.51. The van der Waals surface area contributed by atoms with E-state index in [4.69, 9.17) is 9.26 Å². The van der Waals surface area contributed by atoms with Crippen molar-refractivity contribution in [2.45, 2.75) is 13.0 Å². The van der Waals surface area contributed by atoms with Crippen LogP contribution in [0.15, 0.2) is 40.9 Å². The molecule has 1 amide bonds. The van der Waals surface area contributed by atoms with E-state index in [9.17, 15) is 9.18 Å². The van der Waals surface area contributed by atoms with Gasteiger partial charge in [0.05, 0.1) is 5.56 Å². The van der Waals surface area contributed by atoms with E-state index in [-0.39, 0.29) is 24.2 Å². The largest absolute Gasteiger partial charge is 0.375 e. The maximum atomic E-state index is 14.5. The summed E-state index contributed by atoms with van der Waals surface area (Å²) in [7, 11) is 1.46. The number of aromatic nitrogens is 2. The highest BCUT2D eigenvalue weighted by atomic mass is 19.1. The predicted molar refractivity (Wildman–Crippen MR) is 101 cm³/mol. The molecule has 0 atom stereocenters. The maximum absolute atomic E-state index is 14.5. The van der Waals surface area contributed by atoms with E-state index in [0.29, 0.717) is 29.2 Å². The molecule has 0 aliphatic carbocycles. The smallest absolute Gasteiger partial charge is 0.261 e. The molecule has 0 fully saturated rings. The minimum Gasteiger partial charge on any atom is -0.375 e. The van der Waals surface area contributed by atoms with Gasteiger partial charge in [-0.25, -0.2) is 4.39 Å². The number of halogens is 1. The van der Waals surface area contributed by atoms with E-state index in [0.717, 1.165) is 24.1 Å². The number of carbonyl (C=O) groups is 1. The summed E-state index contributed by atoms with van der Waals surface area (Å²) in [6, 6.07) is 10.3. The van der Waals surface area contributed by atoms with Crippen molar-refractivity contribution in [1.82, 2.24) is 15.5 Å². The number of hydrogen-bond donors (Lipinski definition) is 2. The van der Waals surface area contributed by atoms with Crippen LogP contribution in [0.1, 0.15) is 11.1 Å². The zero-order valence-corrected chi connectivity index (χ0v) is 15.3. The molecule has 1 aliphatic rings. The van der Waals surface area contributed by atoms with Crippen LogP contribution in [0.3, 0.4) is 0 Å². The first-order valence-corrected chi connectivity index (χ1v) is 8.89. The molecular formula is C20H19FN4O3. The molecule has 0 bridgehead atoms. The Morgan fingerprint density at radius 2 is 2.11 bits per heavy atom. The first kappa shape index (κ1) is 18.3. The number of benzene rings is 2. The molecule has 4 rings (SSSR count). The fraction of sp³-hybridized carbons (Fsp3) is 0.250. The summed E-state index contributed by atoms with van der Waals surface area (Å²) in [5.74, 6) is -0.126. The van der Waals surface area contributed by atoms with Gasteiger partial charge in [-0.3, -0.25) is 4.79 Å². The Morgan fingerprint density at radius 1 is 1.29 bits per heavy atom. The van der Waals surface area contributed by atoms with Crippen molar-refractivity contribution in [3.63, 3.8) is 0 Å². The molecule has 2 aromatic carbocycles. The molecule has 2 heterocycles. The summed E-state index contributed by atoms with van der Waals surface area (Å²) in [5.41, 5.74) is 3.68. The SMILES string of the molecule is COCC(=O)Nc1ccc(-c2noc(-c3cc4c(cc3F)CNCC4)n2)cc1. The Bertz CT molecular complexity index is 1000. The quantitative estimate of drug-likeness (QED) is 0.705. The van der Waals surface area contributed by atoms with Crippen molar-refractivity contribution >= 4 is 11.6 Å². The zero-order chi connectivity index (χ0) is 19.5. The Kier molecular flexibility index (Phi) is 5.14. The van der Waals surface area contributed by atoms with Gasteiger partial charge < -0.3 is 19.9 Å². The number of rotatable bonds is 5. The van der Waals surface area contributed by atoms with E-state index in [1.165, 1.54) is 13.2 Å². The second kappa shape index (κ2) is 7.87. The van der Waals surface area contributed by atoms with Crippen molar-refractivity contribution in [3.05, 3.63) is 53.3 Å². The van der Waals surface area contributed by atoms with Crippen LogP contribution in [0.4, 0.5) is 10.1 Å². The highest BCUT2D eigenvalue weighted by molar-refractivity contribution is 5.91. The Balaban J connectivity index is 1.55. The number of carbonyl (C=O) groups excluding carboxylic acids is 1. The summed E-state index contributed by atoms with van der Waals surface area (Å²) in [4.78, 5) is 15.9. The number of fused-ring (bicyclic) bond motifs is 1. The van der Waals surface area contributed by atoms with Gasteiger partial charge in [0, 0.05) is 24.9 Å². The van der Waals surface area contributed by atoms with Crippen molar-refractivity contribution in [1.29, 1.82) is 0 Å². The number of methoxy groups -OCH3 is 1. The zero-order valence-electron chi connectivity index (χ0n) is 15.3. The molecule has 0 saturated heterocycles. The van der Waals surface area contributed by atoms with Crippen LogP contribution in [0.25, 0.3) is 22.8 Å². The molecule has 8 heteroatoms. The van der Waals surface area contributed by atoms with Crippen LogP contribution in [0.2, 0.25) is 0 Å². The Hall–Kier alpha value is -3.10. The first-order chi connectivity index (χ1) is 13.6. The molecule has 28 heavy (non-hydrogen) atoms. The highest BCUT2D eigenvalue weighted by Crippen LogP contribution is 2.28. The lowest BCUT2D eigenvalue weighted by Crippen LogP contribution is -2.23. The van der Waals surface area contributed by atoms with Crippen molar-refractivity contribution in [2.24, 2.45) is 0 Å². The Morgan fingerprint density at radius 3 is 2.89 bits per heavy atom. The highest BCUT2D eigenvalue weighted by Gasteiger charge is 2.19. The first-order valence-electron chi connectivity index (χ1n) is 8.89. The topological polar surface area (TPSA) is 89.3 Å². The number of hydrogen-bond acceptors (Lipinski definition) is 6. The van der Waals surface area contributed by atoms with Crippen molar-refractivity contribution in [2.75, 3.05) is 25.6 Å². The van der Waals surface area contributed by atoms with E-state index in [1.54, 1.807) is 30.3 Å². The summed E-state index contributed by atoms with van der Waals surface area (Å²) >= 11 is 0. The van der Waals surface area contributed by atoms with Gasteiger partial charge in [0.25, 0.3) is 5.89 Å². The lowest BCUT2D eigenvalue weighted by Gasteiger charge is -2.17. The predicted octanol–water partition coefficient (Wildman–Crippen LogP) is 2.77. The summed E-state index contributed by atoms with van der Waals surface area (Å²) in [6.07, 6.45) is 0.833. The molecule has 2 N–H and O–H groups in total. The molecule has 0 unspecified atom stereocenters. The van der Waals surface area contributed by atoms with E-state index >= 15 is 0 Å². The van der Waals surface area contributed by atoms with Crippen molar-refractivity contribution in [3.8, 4) is 22.8 Å².